The number of benzene rings is 4. The second-order valence-corrected chi connectivity index (χ2v) is 15.5. The number of carbonyl (C=O) groups excluding carboxylic acids is 4. The van der Waals surface area contributed by atoms with Crippen molar-refractivity contribution in [3.63, 3.8) is 0 Å². The van der Waals surface area contributed by atoms with E-state index in [9.17, 15) is 24.3 Å². The fourth-order valence-corrected chi connectivity index (χ4v) is 7.64. The van der Waals surface area contributed by atoms with Crippen molar-refractivity contribution in [2.24, 2.45) is 5.92 Å². The third-order valence-electron chi connectivity index (χ3n) is 10.7. The highest BCUT2D eigenvalue weighted by Crippen LogP contribution is 2.28. The minimum atomic E-state index is -1.16. The minimum Gasteiger partial charge on any atom is -0.445 e. The number of alkyl carbamates (subject to hydrolysis) is 1. The molecule has 4 atom stereocenters. The molecule has 2 unspecified atom stereocenters. The van der Waals surface area contributed by atoms with Crippen molar-refractivity contribution in [1.29, 1.82) is 0 Å². The average molecular weight is 787 g/mol. The van der Waals surface area contributed by atoms with Gasteiger partial charge in [-0.3, -0.25) is 14.4 Å². The van der Waals surface area contributed by atoms with Gasteiger partial charge in [-0.05, 0) is 58.6 Å². The summed E-state index contributed by atoms with van der Waals surface area (Å²) in [5.41, 5.74) is 3.40. The molecule has 4 amide bonds. The number of imidazole rings is 1. The summed E-state index contributed by atoms with van der Waals surface area (Å²) in [7, 11) is 0. The molecule has 1 fully saturated rings. The molecule has 0 saturated carbocycles. The van der Waals surface area contributed by atoms with E-state index in [-0.39, 0.29) is 37.7 Å². The van der Waals surface area contributed by atoms with Gasteiger partial charge in [0.1, 0.15) is 18.7 Å². The highest BCUT2D eigenvalue weighted by molar-refractivity contribution is 5.93. The summed E-state index contributed by atoms with van der Waals surface area (Å²) in [5, 5.41) is 22.0. The van der Waals surface area contributed by atoms with E-state index < -0.39 is 42.1 Å². The molecule has 0 aliphatic carbocycles. The lowest BCUT2D eigenvalue weighted by Crippen LogP contribution is -2.57. The summed E-state index contributed by atoms with van der Waals surface area (Å²) in [4.78, 5) is 64.2. The molecule has 12 heteroatoms. The monoisotopic (exact) mass is 786 g/mol. The number of nitrogens with zero attached hydrogens (tertiary/aromatic N) is 2. The number of aromatic nitrogens is 2. The molecule has 58 heavy (non-hydrogen) atoms. The number of ether oxygens (including phenoxy) is 1. The Balaban J connectivity index is 1.16. The van der Waals surface area contributed by atoms with Crippen LogP contribution in [0.3, 0.4) is 0 Å². The summed E-state index contributed by atoms with van der Waals surface area (Å²) < 4.78 is 5.51. The predicted molar refractivity (Wildman–Crippen MR) is 222 cm³/mol. The van der Waals surface area contributed by atoms with Crippen molar-refractivity contribution >= 4 is 34.6 Å². The molecule has 0 radical (unpaired) electrons. The zero-order valence-electron chi connectivity index (χ0n) is 33.2. The first kappa shape index (κ1) is 41.6. The second-order valence-electron chi connectivity index (χ2n) is 15.5. The molecule has 304 valence electrons. The van der Waals surface area contributed by atoms with Crippen LogP contribution in [0.15, 0.2) is 116 Å². The quantitative estimate of drug-likeness (QED) is 0.0793. The maximum atomic E-state index is 14.3. The number of aliphatic hydroxyl groups excluding tert-OH is 1. The van der Waals surface area contributed by atoms with Crippen molar-refractivity contribution < 1.29 is 29.0 Å². The number of amides is 4. The normalized spacial score (nSPS) is 15.3. The molecule has 1 aliphatic rings. The van der Waals surface area contributed by atoms with Crippen LogP contribution in [0, 0.1) is 5.92 Å². The lowest BCUT2D eigenvalue weighted by Gasteiger charge is -2.34. The van der Waals surface area contributed by atoms with Gasteiger partial charge in [0.15, 0.2) is 0 Å². The molecule has 1 aliphatic heterocycles. The van der Waals surface area contributed by atoms with Gasteiger partial charge in [0, 0.05) is 32.1 Å². The summed E-state index contributed by atoms with van der Waals surface area (Å²) in [5.74, 6) is -0.855. The van der Waals surface area contributed by atoms with E-state index >= 15 is 0 Å². The third kappa shape index (κ3) is 11.8. The molecule has 5 aromatic rings. The Morgan fingerprint density at radius 3 is 2.17 bits per heavy atom. The minimum absolute atomic E-state index is 0.00745. The maximum absolute atomic E-state index is 14.3. The van der Waals surface area contributed by atoms with Gasteiger partial charge in [-0.25, -0.2) is 9.78 Å². The van der Waals surface area contributed by atoms with Crippen LogP contribution in [0.2, 0.25) is 0 Å². The molecular formula is C46H54N6O6. The number of nitrogens with one attached hydrogen (secondary N) is 4. The predicted octanol–water partition coefficient (Wildman–Crippen LogP) is 5.82. The number of hydrogen-bond donors (Lipinski definition) is 5. The van der Waals surface area contributed by atoms with E-state index in [0.29, 0.717) is 31.1 Å². The first-order chi connectivity index (χ1) is 28.1. The van der Waals surface area contributed by atoms with Crippen LogP contribution < -0.4 is 16.0 Å². The Labute approximate surface area is 339 Å². The Kier molecular flexibility index (Phi) is 14.7. The SMILES string of the molecule is CC(C)CC(NC(=O)[C@H](Cc1c[nH]cn1)NC(=O)[C@H](Cc1cccc2ccccc12)NC(=O)OCc1ccccc1)C(O)CC(=O)N1CCC(c2ccccc2)CC1. The second kappa shape index (κ2) is 20.4. The molecule has 1 aromatic heterocycles. The molecule has 0 bridgehead atoms. The zero-order valence-corrected chi connectivity index (χ0v) is 33.2. The lowest BCUT2D eigenvalue weighted by atomic mass is 9.89. The number of rotatable bonds is 17. The highest BCUT2D eigenvalue weighted by atomic mass is 16.5. The Bertz CT molecular complexity index is 2080. The number of carbonyl (C=O) groups is 4. The molecule has 4 aromatic carbocycles. The van der Waals surface area contributed by atoms with E-state index in [0.717, 1.165) is 34.7 Å². The van der Waals surface area contributed by atoms with Gasteiger partial charge >= 0.3 is 6.09 Å². The molecule has 6 rings (SSSR count). The molecule has 1 saturated heterocycles. The summed E-state index contributed by atoms with van der Waals surface area (Å²) in [6, 6.07) is 30.0. The van der Waals surface area contributed by atoms with E-state index in [1.54, 1.807) is 11.1 Å². The number of likely N-dealkylation sites (tertiary alicyclic amines) is 1. The fraction of sp³-hybridized carbons (Fsp3) is 0.370. The van der Waals surface area contributed by atoms with Gasteiger partial charge in [0.25, 0.3) is 0 Å². The van der Waals surface area contributed by atoms with Crippen LogP contribution >= 0.6 is 0 Å². The Morgan fingerprint density at radius 2 is 1.47 bits per heavy atom. The summed E-state index contributed by atoms with van der Waals surface area (Å²) >= 11 is 0. The molecular weight excluding hydrogens is 733 g/mol. The third-order valence-corrected chi connectivity index (χ3v) is 10.7. The van der Waals surface area contributed by atoms with Crippen molar-refractivity contribution in [3.05, 3.63) is 138 Å². The van der Waals surface area contributed by atoms with Crippen LogP contribution in [-0.4, -0.2) is 81.1 Å². The van der Waals surface area contributed by atoms with E-state index in [1.165, 1.54) is 11.9 Å². The van der Waals surface area contributed by atoms with Gasteiger partial charge < -0.3 is 35.7 Å². The number of aliphatic hydroxyl groups is 1. The molecule has 0 spiro atoms. The first-order valence-corrected chi connectivity index (χ1v) is 20.2. The summed E-state index contributed by atoms with van der Waals surface area (Å²) in [6.45, 7) is 5.15. The van der Waals surface area contributed by atoms with Crippen molar-refractivity contribution in [3.8, 4) is 0 Å². The van der Waals surface area contributed by atoms with Gasteiger partial charge in [0.2, 0.25) is 17.7 Å². The number of H-pyrrole nitrogens is 1. The van der Waals surface area contributed by atoms with Crippen LogP contribution in [0.25, 0.3) is 10.8 Å². The fourth-order valence-electron chi connectivity index (χ4n) is 7.64. The average Bonchev–Trinajstić information content (AvgIpc) is 3.76. The maximum Gasteiger partial charge on any atom is 0.408 e. The van der Waals surface area contributed by atoms with Crippen LogP contribution in [0.4, 0.5) is 4.79 Å². The molecule has 2 heterocycles. The topological polar surface area (TPSA) is 166 Å². The number of fused-ring (bicyclic) bond motifs is 1. The van der Waals surface area contributed by atoms with E-state index in [1.807, 2.05) is 105 Å². The zero-order chi connectivity index (χ0) is 40.9. The van der Waals surface area contributed by atoms with Crippen molar-refractivity contribution in [2.75, 3.05) is 13.1 Å². The Morgan fingerprint density at radius 1 is 0.810 bits per heavy atom. The molecule has 5 N–H and O–H groups in total. The van der Waals surface area contributed by atoms with Gasteiger partial charge in [-0.1, -0.05) is 117 Å². The van der Waals surface area contributed by atoms with Gasteiger partial charge in [-0.2, -0.15) is 0 Å². The first-order valence-electron chi connectivity index (χ1n) is 20.2. The van der Waals surface area contributed by atoms with Crippen molar-refractivity contribution in [2.45, 2.75) is 89.1 Å². The van der Waals surface area contributed by atoms with E-state index in [4.69, 9.17) is 4.74 Å². The van der Waals surface area contributed by atoms with E-state index in [2.05, 4.69) is 38.1 Å². The number of hydrogen-bond acceptors (Lipinski definition) is 7. The van der Waals surface area contributed by atoms with Crippen molar-refractivity contribution in [1.82, 2.24) is 30.8 Å². The lowest BCUT2D eigenvalue weighted by molar-refractivity contribution is -0.136. The van der Waals surface area contributed by atoms with Gasteiger partial charge in [-0.15, -0.1) is 0 Å². The van der Waals surface area contributed by atoms with Crippen LogP contribution in [0.5, 0.6) is 0 Å². The Hall–Kier alpha value is -6.01. The van der Waals surface area contributed by atoms with Crippen LogP contribution in [0.1, 0.15) is 67.8 Å². The smallest absolute Gasteiger partial charge is 0.408 e. The number of aromatic amines is 1. The van der Waals surface area contributed by atoms with Crippen LogP contribution in [-0.2, 0) is 38.6 Å². The molecule has 12 nitrogen and oxygen atoms in total. The van der Waals surface area contributed by atoms with Gasteiger partial charge in [0.05, 0.1) is 30.6 Å². The standard InChI is InChI=1S/C46H54N6O6/c1-31(2)24-39(42(53)27-43(54)52-22-20-34(21-23-52)33-14-7-4-8-15-33)49-45(56)41(26-37-28-47-30-48-37)50-44(55)40(51-46(57)58-29-32-12-5-3-6-13-32)25-36-18-11-17-35-16-9-10-19-38(35)36/h3-19,28,30-31,34,39-42,53H,20-27,29H2,1-2H3,(H,47,48)(H,49,56)(H,50,55)(H,51,57)/t39?,40-,41-,42?/m0/s1. The summed E-state index contributed by atoms with van der Waals surface area (Å²) in [6.07, 6.45) is 3.26. The number of piperidine rings is 1. The highest BCUT2D eigenvalue weighted by Gasteiger charge is 2.33. The largest absolute Gasteiger partial charge is 0.445 e.